The van der Waals surface area contributed by atoms with Gasteiger partial charge in [0.15, 0.2) is 0 Å². The number of nitrogens with one attached hydrogen (secondary N) is 2. The molecule has 0 aliphatic carbocycles. The number of methoxy groups -OCH3 is 1. The zero-order valence-corrected chi connectivity index (χ0v) is 21.4. The van der Waals surface area contributed by atoms with Crippen molar-refractivity contribution in [3.8, 4) is 6.07 Å². The fourth-order valence-electron chi connectivity index (χ4n) is 3.53. The van der Waals surface area contributed by atoms with Crippen molar-refractivity contribution < 1.29 is 32.3 Å². The Morgan fingerprint density at radius 2 is 2.00 bits per heavy atom. The standard InChI is InChI=1S/C23H16BrClF3N3O4S/c1-35-22(34)19-18(11-3-2-4-12(24)7-11)14(9-29)21(31-20(19)33)36-10-17(32)30-13-5-6-16(25)15(8-13)23(26,27)28/h2-8,18-19H,10H2,1H3,(H,30,32)(H,31,33)/t18-,19+/m1/s1. The van der Waals surface area contributed by atoms with Gasteiger partial charge in [-0.25, -0.2) is 0 Å². The van der Waals surface area contributed by atoms with E-state index in [1.807, 2.05) is 6.07 Å². The van der Waals surface area contributed by atoms with E-state index in [-0.39, 0.29) is 22.0 Å². The number of carbonyl (C=O) groups excluding carboxylic acids is 3. The number of ether oxygens (including phenoxy) is 1. The highest BCUT2D eigenvalue weighted by Crippen LogP contribution is 2.41. The zero-order valence-electron chi connectivity index (χ0n) is 18.3. The average Bonchev–Trinajstić information content (AvgIpc) is 2.82. The molecule has 2 aromatic rings. The molecule has 0 fully saturated rings. The van der Waals surface area contributed by atoms with Gasteiger partial charge in [-0.1, -0.05) is 51.4 Å². The van der Waals surface area contributed by atoms with Crippen molar-refractivity contribution in [2.75, 3.05) is 18.2 Å². The van der Waals surface area contributed by atoms with Crippen molar-refractivity contribution >= 4 is 62.8 Å². The molecular formula is C23H16BrClF3N3O4S. The predicted octanol–water partition coefficient (Wildman–Crippen LogP) is 5.23. The molecule has 2 amide bonds. The summed E-state index contributed by atoms with van der Waals surface area (Å²) in [7, 11) is 1.12. The summed E-state index contributed by atoms with van der Waals surface area (Å²) in [5, 5.41) is 14.2. The van der Waals surface area contributed by atoms with Crippen LogP contribution in [0.5, 0.6) is 0 Å². The van der Waals surface area contributed by atoms with Crippen LogP contribution in [0, 0.1) is 17.2 Å². The second kappa shape index (κ2) is 11.4. The minimum absolute atomic E-state index is 0.0340. The normalized spacial score (nSPS) is 17.8. The molecule has 0 radical (unpaired) electrons. The van der Waals surface area contributed by atoms with Crippen molar-refractivity contribution in [1.82, 2.24) is 5.32 Å². The van der Waals surface area contributed by atoms with E-state index in [2.05, 4.69) is 26.6 Å². The number of hydrogen-bond acceptors (Lipinski definition) is 6. The molecule has 188 valence electrons. The number of hydrogen-bond donors (Lipinski definition) is 2. The monoisotopic (exact) mass is 601 g/mol. The second-order valence-electron chi connectivity index (χ2n) is 7.41. The molecule has 1 aliphatic heterocycles. The molecule has 0 unspecified atom stereocenters. The van der Waals surface area contributed by atoms with E-state index in [4.69, 9.17) is 16.3 Å². The number of thioether (sulfide) groups is 1. The minimum atomic E-state index is -4.71. The fraction of sp³-hybridized carbons (Fsp3) is 0.217. The highest BCUT2D eigenvalue weighted by molar-refractivity contribution is 9.10. The third-order valence-corrected chi connectivity index (χ3v) is 6.93. The van der Waals surface area contributed by atoms with E-state index in [1.165, 1.54) is 6.07 Å². The summed E-state index contributed by atoms with van der Waals surface area (Å²) in [5.74, 6) is -4.92. The third kappa shape index (κ3) is 6.21. The van der Waals surface area contributed by atoms with Gasteiger partial charge in [0.1, 0.15) is 5.92 Å². The van der Waals surface area contributed by atoms with E-state index >= 15 is 0 Å². The molecule has 1 aliphatic rings. The molecule has 0 spiro atoms. The summed E-state index contributed by atoms with van der Waals surface area (Å²) in [6, 6.07) is 11.7. The van der Waals surface area contributed by atoms with Gasteiger partial charge < -0.3 is 15.4 Å². The first-order valence-corrected chi connectivity index (χ1v) is 12.2. The Kier molecular flexibility index (Phi) is 8.71. The lowest BCUT2D eigenvalue weighted by Crippen LogP contribution is -2.44. The van der Waals surface area contributed by atoms with Crippen LogP contribution in [0.25, 0.3) is 0 Å². The van der Waals surface area contributed by atoms with Crippen LogP contribution < -0.4 is 10.6 Å². The van der Waals surface area contributed by atoms with Gasteiger partial charge in [-0.15, -0.1) is 0 Å². The Bertz CT molecular complexity index is 1300. The minimum Gasteiger partial charge on any atom is -0.468 e. The number of nitriles is 1. The maximum atomic E-state index is 13.1. The average molecular weight is 603 g/mol. The Morgan fingerprint density at radius 3 is 2.61 bits per heavy atom. The molecule has 1 heterocycles. The molecule has 3 rings (SSSR count). The zero-order chi connectivity index (χ0) is 26.6. The number of allylic oxidation sites excluding steroid dienone is 1. The van der Waals surface area contributed by atoms with Gasteiger partial charge in [-0.2, -0.15) is 18.4 Å². The summed E-state index contributed by atoms with van der Waals surface area (Å²) < 4.78 is 44.7. The molecule has 0 aromatic heterocycles. The van der Waals surface area contributed by atoms with E-state index in [0.717, 1.165) is 24.9 Å². The van der Waals surface area contributed by atoms with Crippen LogP contribution in [0.15, 0.2) is 57.5 Å². The molecule has 0 bridgehead atoms. The van der Waals surface area contributed by atoms with Crippen molar-refractivity contribution in [3.05, 3.63) is 73.7 Å². The van der Waals surface area contributed by atoms with Gasteiger partial charge >= 0.3 is 12.1 Å². The summed E-state index contributed by atoms with van der Waals surface area (Å²) >= 11 is 9.72. The van der Waals surface area contributed by atoms with Gasteiger partial charge in [0.25, 0.3) is 0 Å². The van der Waals surface area contributed by atoms with Crippen molar-refractivity contribution in [2.24, 2.45) is 5.92 Å². The highest BCUT2D eigenvalue weighted by Gasteiger charge is 2.44. The second-order valence-corrected chi connectivity index (χ2v) is 9.72. The van der Waals surface area contributed by atoms with Gasteiger partial charge in [-0.3, -0.25) is 14.4 Å². The van der Waals surface area contributed by atoms with Crippen molar-refractivity contribution in [2.45, 2.75) is 12.1 Å². The molecule has 2 atom stereocenters. The van der Waals surface area contributed by atoms with Gasteiger partial charge in [0, 0.05) is 16.1 Å². The maximum absolute atomic E-state index is 13.1. The summed E-state index contributed by atoms with van der Waals surface area (Å²) in [4.78, 5) is 37.7. The van der Waals surface area contributed by atoms with Gasteiger partial charge in [0.05, 0.1) is 40.1 Å². The van der Waals surface area contributed by atoms with Crippen LogP contribution in [0.1, 0.15) is 17.0 Å². The van der Waals surface area contributed by atoms with Gasteiger partial charge in [0.2, 0.25) is 11.8 Å². The Hall–Kier alpha value is -3.01. The number of amides is 2. The molecule has 2 aromatic carbocycles. The van der Waals surface area contributed by atoms with E-state index in [9.17, 15) is 32.8 Å². The first-order valence-electron chi connectivity index (χ1n) is 10.0. The predicted molar refractivity (Wildman–Crippen MR) is 131 cm³/mol. The van der Waals surface area contributed by atoms with Crippen molar-refractivity contribution in [3.63, 3.8) is 0 Å². The molecule has 0 saturated heterocycles. The van der Waals surface area contributed by atoms with E-state index < -0.39 is 46.4 Å². The summed E-state index contributed by atoms with van der Waals surface area (Å²) in [6.07, 6.45) is -4.71. The highest BCUT2D eigenvalue weighted by atomic mass is 79.9. The lowest BCUT2D eigenvalue weighted by Gasteiger charge is -2.31. The summed E-state index contributed by atoms with van der Waals surface area (Å²) in [5.41, 5.74) is -0.701. The van der Waals surface area contributed by atoms with E-state index in [1.54, 1.807) is 24.3 Å². The lowest BCUT2D eigenvalue weighted by molar-refractivity contribution is -0.150. The quantitative estimate of drug-likeness (QED) is 0.346. The smallest absolute Gasteiger partial charge is 0.417 e. The molecular weight excluding hydrogens is 587 g/mol. The molecule has 36 heavy (non-hydrogen) atoms. The largest absolute Gasteiger partial charge is 0.468 e. The topological polar surface area (TPSA) is 108 Å². The molecule has 2 N–H and O–H groups in total. The number of halogens is 5. The van der Waals surface area contributed by atoms with Crippen LogP contribution in [-0.2, 0) is 25.3 Å². The number of alkyl halides is 3. The van der Waals surface area contributed by atoms with Crippen LogP contribution in [0.2, 0.25) is 5.02 Å². The van der Waals surface area contributed by atoms with Crippen LogP contribution in [0.4, 0.5) is 18.9 Å². The number of rotatable bonds is 6. The van der Waals surface area contributed by atoms with Crippen LogP contribution in [0.3, 0.4) is 0 Å². The van der Waals surface area contributed by atoms with Crippen LogP contribution >= 0.6 is 39.3 Å². The van der Waals surface area contributed by atoms with E-state index in [0.29, 0.717) is 16.1 Å². The number of nitrogens with zero attached hydrogens (tertiary/aromatic N) is 1. The SMILES string of the molecule is COC(=O)[C@@H]1C(=O)NC(SCC(=O)Nc2ccc(Cl)c(C(F)(F)F)c2)=C(C#N)[C@H]1c1cccc(Br)c1. The number of carbonyl (C=O) groups is 3. The van der Waals surface area contributed by atoms with Crippen molar-refractivity contribution in [1.29, 1.82) is 5.26 Å². The Balaban J connectivity index is 1.87. The third-order valence-electron chi connectivity index (χ3n) is 5.09. The lowest BCUT2D eigenvalue weighted by atomic mass is 9.78. The first kappa shape index (κ1) is 27.6. The molecule has 13 heteroatoms. The van der Waals surface area contributed by atoms with Crippen LogP contribution in [-0.4, -0.2) is 30.6 Å². The first-order chi connectivity index (χ1) is 17.0. The number of esters is 1. The number of benzene rings is 2. The Labute approximate surface area is 221 Å². The molecule has 7 nitrogen and oxygen atoms in total. The maximum Gasteiger partial charge on any atom is 0.417 e. The number of anilines is 1. The Morgan fingerprint density at radius 1 is 1.28 bits per heavy atom. The summed E-state index contributed by atoms with van der Waals surface area (Å²) in [6.45, 7) is 0. The molecule has 0 saturated carbocycles. The fourth-order valence-corrected chi connectivity index (χ4v) is 5.02. The van der Waals surface area contributed by atoms with Gasteiger partial charge in [-0.05, 0) is 35.9 Å².